The van der Waals surface area contributed by atoms with Gasteiger partial charge in [0.2, 0.25) is 0 Å². The van der Waals surface area contributed by atoms with Gasteiger partial charge < -0.3 is 9.80 Å². The van der Waals surface area contributed by atoms with Crippen molar-refractivity contribution in [2.45, 2.75) is 6.54 Å². The third-order valence-electron chi connectivity index (χ3n) is 3.57. The summed E-state index contributed by atoms with van der Waals surface area (Å²) in [5.41, 5.74) is 1.17. The SMILES string of the molecule is CN1CCN(C)CCN(Cc2ccccn2)CC1. The molecule has 1 aliphatic heterocycles. The molecule has 0 spiro atoms. The number of likely N-dealkylation sites (N-methyl/N-ethyl adjacent to an activating group) is 2. The number of hydrogen-bond acceptors (Lipinski definition) is 4. The van der Waals surface area contributed by atoms with Crippen molar-refractivity contribution in [1.82, 2.24) is 19.7 Å². The van der Waals surface area contributed by atoms with Crippen molar-refractivity contribution in [3.8, 4) is 0 Å². The number of hydrogen-bond donors (Lipinski definition) is 0. The first kappa shape index (κ1) is 13.5. The molecule has 2 heterocycles. The minimum absolute atomic E-state index is 0.961. The van der Waals surface area contributed by atoms with E-state index in [9.17, 15) is 0 Å². The van der Waals surface area contributed by atoms with Crippen LogP contribution in [0, 0.1) is 0 Å². The first-order valence-electron chi connectivity index (χ1n) is 6.73. The second kappa shape index (κ2) is 6.83. The molecular weight excluding hydrogens is 224 g/mol. The molecule has 4 heteroatoms. The van der Waals surface area contributed by atoms with Gasteiger partial charge in [-0.1, -0.05) is 6.07 Å². The lowest BCUT2D eigenvalue weighted by molar-refractivity contribution is 0.226. The zero-order valence-corrected chi connectivity index (χ0v) is 11.5. The largest absolute Gasteiger partial charge is 0.304 e. The van der Waals surface area contributed by atoms with Gasteiger partial charge in [-0.05, 0) is 26.2 Å². The molecule has 0 aliphatic carbocycles. The van der Waals surface area contributed by atoms with Gasteiger partial charge in [-0.3, -0.25) is 9.88 Å². The highest BCUT2D eigenvalue weighted by Crippen LogP contribution is 2.03. The number of nitrogens with zero attached hydrogens (tertiary/aromatic N) is 4. The van der Waals surface area contributed by atoms with Crippen LogP contribution in [0.15, 0.2) is 24.4 Å². The third-order valence-corrected chi connectivity index (χ3v) is 3.57. The maximum absolute atomic E-state index is 4.42. The Morgan fingerprint density at radius 1 is 0.944 bits per heavy atom. The topological polar surface area (TPSA) is 22.6 Å². The van der Waals surface area contributed by atoms with Crippen LogP contribution in [0.4, 0.5) is 0 Å². The van der Waals surface area contributed by atoms with E-state index in [0.29, 0.717) is 0 Å². The molecule has 0 bridgehead atoms. The molecule has 0 unspecified atom stereocenters. The summed E-state index contributed by atoms with van der Waals surface area (Å²) in [6, 6.07) is 6.15. The van der Waals surface area contributed by atoms with Gasteiger partial charge in [-0.25, -0.2) is 0 Å². The minimum atomic E-state index is 0.961. The fraction of sp³-hybridized carbons (Fsp3) is 0.643. The summed E-state index contributed by atoms with van der Waals surface area (Å²) in [7, 11) is 4.41. The maximum Gasteiger partial charge on any atom is 0.0543 e. The van der Waals surface area contributed by atoms with Crippen molar-refractivity contribution < 1.29 is 0 Å². The molecule has 1 aliphatic rings. The summed E-state index contributed by atoms with van der Waals surface area (Å²) in [5, 5.41) is 0. The van der Waals surface area contributed by atoms with Crippen LogP contribution in [-0.4, -0.2) is 73.0 Å². The van der Waals surface area contributed by atoms with Gasteiger partial charge in [0.15, 0.2) is 0 Å². The van der Waals surface area contributed by atoms with Gasteiger partial charge in [-0.2, -0.15) is 0 Å². The first-order valence-corrected chi connectivity index (χ1v) is 6.73. The summed E-state index contributed by atoms with van der Waals surface area (Å²) >= 11 is 0. The standard InChI is InChI=1S/C14H24N4/c1-16-7-8-17(2)10-12-18(11-9-16)13-14-5-3-4-6-15-14/h3-6H,7-13H2,1-2H3. The highest BCUT2D eigenvalue weighted by molar-refractivity contribution is 5.03. The Bertz CT molecular complexity index is 327. The molecule has 4 nitrogen and oxygen atoms in total. The van der Waals surface area contributed by atoms with E-state index < -0.39 is 0 Å². The van der Waals surface area contributed by atoms with Crippen molar-refractivity contribution in [2.75, 3.05) is 53.4 Å². The molecule has 0 saturated carbocycles. The Hall–Kier alpha value is -0.970. The molecule has 1 aromatic heterocycles. The Balaban J connectivity index is 1.93. The van der Waals surface area contributed by atoms with Crippen LogP contribution in [0.2, 0.25) is 0 Å². The van der Waals surface area contributed by atoms with E-state index in [4.69, 9.17) is 0 Å². The Morgan fingerprint density at radius 3 is 2.11 bits per heavy atom. The fourth-order valence-electron chi connectivity index (χ4n) is 2.18. The Kier molecular flexibility index (Phi) is 5.11. The van der Waals surface area contributed by atoms with E-state index in [0.717, 1.165) is 45.8 Å². The molecule has 18 heavy (non-hydrogen) atoms. The van der Waals surface area contributed by atoms with Gasteiger partial charge in [0.05, 0.1) is 5.69 Å². The van der Waals surface area contributed by atoms with Gasteiger partial charge in [-0.15, -0.1) is 0 Å². The predicted octanol–water partition coefficient (Wildman–Crippen LogP) is 0.761. The lowest BCUT2D eigenvalue weighted by Crippen LogP contribution is -2.34. The predicted molar refractivity (Wildman–Crippen MR) is 74.5 cm³/mol. The van der Waals surface area contributed by atoms with E-state index in [1.54, 1.807) is 0 Å². The van der Waals surface area contributed by atoms with Crippen LogP contribution < -0.4 is 0 Å². The van der Waals surface area contributed by atoms with Crippen molar-refractivity contribution in [1.29, 1.82) is 0 Å². The smallest absolute Gasteiger partial charge is 0.0543 e. The van der Waals surface area contributed by atoms with Gasteiger partial charge in [0.25, 0.3) is 0 Å². The molecule has 0 amide bonds. The number of rotatable bonds is 2. The fourth-order valence-corrected chi connectivity index (χ4v) is 2.18. The third kappa shape index (κ3) is 4.37. The normalized spacial score (nSPS) is 21.2. The number of pyridine rings is 1. The molecule has 0 atom stereocenters. The van der Waals surface area contributed by atoms with Crippen LogP contribution in [0.25, 0.3) is 0 Å². The minimum Gasteiger partial charge on any atom is -0.304 e. The lowest BCUT2D eigenvalue weighted by Gasteiger charge is -2.23. The lowest BCUT2D eigenvalue weighted by atomic mass is 10.3. The summed E-state index contributed by atoms with van der Waals surface area (Å²) in [6.45, 7) is 7.81. The molecule has 1 aromatic rings. The summed E-state index contributed by atoms with van der Waals surface area (Å²) in [4.78, 5) is 11.7. The van der Waals surface area contributed by atoms with Crippen LogP contribution in [-0.2, 0) is 6.54 Å². The second-order valence-electron chi connectivity index (χ2n) is 5.20. The van der Waals surface area contributed by atoms with Gasteiger partial charge in [0.1, 0.15) is 0 Å². The maximum atomic E-state index is 4.42. The van der Waals surface area contributed by atoms with E-state index >= 15 is 0 Å². The zero-order valence-electron chi connectivity index (χ0n) is 11.5. The summed E-state index contributed by atoms with van der Waals surface area (Å²) in [5.74, 6) is 0. The zero-order chi connectivity index (χ0) is 12.8. The van der Waals surface area contributed by atoms with Crippen molar-refractivity contribution in [3.05, 3.63) is 30.1 Å². The van der Waals surface area contributed by atoms with Crippen LogP contribution in [0.5, 0.6) is 0 Å². The first-order chi connectivity index (χ1) is 8.74. The highest BCUT2D eigenvalue weighted by Gasteiger charge is 2.12. The van der Waals surface area contributed by atoms with E-state index in [-0.39, 0.29) is 0 Å². The molecule has 2 rings (SSSR count). The molecular formula is C14H24N4. The molecule has 0 radical (unpaired) electrons. The molecule has 100 valence electrons. The molecule has 0 N–H and O–H groups in total. The van der Waals surface area contributed by atoms with Gasteiger partial charge >= 0.3 is 0 Å². The monoisotopic (exact) mass is 248 g/mol. The van der Waals surface area contributed by atoms with Crippen LogP contribution in [0.3, 0.4) is 0 Å². The number of aromatic nitrogens is 1. The Labute approximate surface area is 110 Å². The quantitative estimate of drug-likeness (QED) is 0.771. The average Bonchev–Trinajstić information content (AvgIpc) is 2.46. The van der Waals surface area contributed by atoms with Gasteiger partial charge in [0, 0.05) is 52.0 Å². The summed E-state index contributed by atoms with van der Waals surface area (Å²) < 4.78 is 0. The van der Waals surface area contributed by atoms with E-state index in [1.807, 2.05) is 12.3 Å². The van der Waals surface area contributed by atoms with E-state index in [1.165, 1.54) is 5.69 Å². The molecule has 1 saturated heterocycles. The summed E-state index contributed by atoms with van der Waals surface area (Å²) in [6.07, 6.45) is 1.88. The average molecular weight is 248 g/mol. The highest BCUT2D eigenvalue weighted by atomic mass is 15.2. The van der Waals surface area contributed by atoms with Crippen LogP contribution >= 0.6 is 0 Å². The molecule has 1 fully saturated rings. The van der Waals surface area contributed by atoms with E-state index in [2.05, 4.69) is 45.9 Å². The van der Waals surface area contributed by atoms with Crippen molar-refractivity contribution >= 4 is 0 Å². The van der Waals surface area contributed by atoms with Crippen LogP contribution in [0.1, 0.15) is 5.69 Å². The second-order valence-corrected chi connectivity index (χ2v) is 5.20. The van der Waals surface area contributed by atoms with Crippen molar-refractivity contribution in [2.24, 2.45) is 0 Å². The molecule has 0 aromatic carbocycles. The Morgan fingerprint density at radius 2 is 1.56 bits per heavy atom. The van der Waals surface area contributed by atoms with Crippen molar-refractivity contribution in [3.63, 3.8) is 0 Å².